The fourth-order valence-electron chi connectivity index (χ4n) is 2.34. The number of nitrogens with zero attached hydrogens (tertiary/aromatic N) is 1. The van der Waals surface area contributed by atoms with E-state index in [0.29, 0.717) is 5.56 Å². The van der Waals surface area contributed by atoms with E-state index in [4.69, 9.17) is 5.73 Å². The highest BCUT2D eigenvalue weighted by atomic mass is 16.2. The first kappa shape index (κ1) is 15.8. The summed E-state index contributed by atoms with van der Waals surface area (Å²) >= 11 is 0. The number of urea groups is 1. The molecule has 2 aromatic carbocycles. The van der Waals surface area contributed by atoms with Crippen LogP contribution in [0.25, 0.3) is 0 Å². The van der Waals surface area contributed by atoms with Crippen LogP contribution < -0.4 is 5.73 Å². The third kappa shape index (κ3) is 3.73. The first-order valence-electron chi connectivity index (χ1n) is 7.16. The van der Waals surface area contributed by atoms with E-state index in [0.717, 1.165) is 11.1 Å². The van der Waals surface area contributed by atoms with Gasteiger partial charge in [-0.05, 0) is 12.5 Å². The van der Waals surface area contributed by atoms with E-state index in [1.165, 1.54) is 4.90 Å². The Morgan fingerprint density at radius 3 is 2.18 bits per heavy atom. The third-order valence-corrected chi connectivity index (χ3v) is 3.75. The van der Waals surface area contributed by atoms with Crippen molar-refractivity contribution in [3.05, 3.63) is 71.3 Å². The van der Waals surface area contributed by atoms with Gasteiger partial charge in [-0.25, -0.2) is 4.79 Å². The summed E-state index contributed by atoms with van der Waals surface area (Å²) in [4.78, 5) is 25.4. The van der Waals surface area contributed by atoms with Crippen LogP contribution in [0.3, 0.4) is 0 Å². The molecule has 22 heavy (non-hydrogen) atoms. The molecule has 2 N–H and O–H groups in total. The van der Waals surface area contributed by atoms with Crippen LogP contribution in [0.2, 0.25) is 0 Å². The van der Waals surface area contributed by atoms with Crippen molar-refractivity contribution < 1.29 is 9.59 Å². The number of hydrogen-bond donors (Lipinski definition) is 1. The van der Waals surface area contributed by atoms with Gasteiger partial charge < -0.3 is 10.6 Å². The molecule has 2 aromatic rings. The lowest BCUT2D eigenvalue weighted by molar-refractivity contribution is 0.0947. The van der Waals surface area contributed by atoms with Crippen molar-refractivity contribution in [3.8, 4) is 0 Å². The van der Waals surface area contributed by atoms with Crippen molar-refractivity contribution in [3.63, 3.8) is 0 Å². The number of nitrogens with two attached hydrogens (primary N) is 1. The van der Waals surface area contributed by atoms with Gasteiger partial charge in [0.2, 0.25) is 0 Å². The predicted octanol–water partition coefficient (Wildman–Crippen LogP) is 3.32. The summed E-state index contributed by atoms with van der Waals surface area (Å²) in [5.74, 6) is -0.0121. The van der Waals surface area contributed by atoms with Crippen molar-refractivity contribution in [2.45, 2.75) is 19.4 Å². The summed E-state index contributed by atoms with van der Waals surface area (Å²) in [6.07, 6.45) is 0.201. The van der Waals surface area contributed by atoms with Gasteiger partial charge in [0.1, 0.15) is 0 Å². The number of benzene rings is 2. The summed E-state index contributed by atoms with van der Waals surface area (Å²) < 4.78 is 0. The van der Waals surface area contributed by atoms with E-state index in [1.54, 1.807) is 7.05 Å². The molecule has 2 amide bonds. The van der Waals surface area contributed by atoms with Crippen molar-refractivity contribution in [2.24, 2.45) is 5.73 Å². The number of primary amides is 1. The topological polar surface area (TPSA) is 63.4 Å². The molecule has 0 saturated heterocycles. The number of hydrogen-bond acceptors (Lipinski definition) is 2. The highest BCUT2D eigenvalue weighted by molar-refractivity contribution is 5.96. The normalized spacial score (nSPS) is 11.7. The van der Waals surface area contributed by atoms with E-state index < -0.39 is 6.03 Å². The van der Waals surface area contributed by atoms with Crippen molar-refractivity contribution >= 4 is 11.8 Å². The third-order valence-electron chi connectivity index (χ3n) is 3.75. The Kier molecular flexibility index (Phi) is 4.94. The maximum Gasteiger partial charge on any atom is 0.315 e. The maximum atomic E-state index is 12.5. The molecule has 0 spiro atoms. The molecular weight excluding hydrogens is 276 g/mol. The molecule has 0 aromatic heterocycles. The van der Waals surface area contributed by atoms with Gasteiger partial charge in [0.25, 0.3) is 0 Å². The molecule has 0 heterocycles. The Morgan fingerprint density at radius 2 is 1.64 bits per heavy atom. The summed E-state index contributed by atoms with van der Waals surface area (Å²) in [5, 5.41) is 0. The second kappa shape index (κ2) is 6.89. The van der Waals surface area contributed by atoms with Crippen LogP contribution in [-0.4, -0.2) is 23.8 Å². The second-order valence-corrected chi connectivity index (χ2v) is 5.37. The lowest BCUT2D eigenvalue weighted by Crippen LogP contribution is -2.36. The number of aryl methyl sites for hydroxylation is 1. The fourth-order valence-corrected chi connectivity index (χ4v) is 2.34. The predicted molar refractivity (Wildman–Crippen MR) is 86.7 cm³/mol. The second-order valence-electron chi connectivity index (χ2n) is 5.37. The Labute approximate surface area is 130 Å². The highest BCUT2D eigenvalue weighted by Crippen LogP contribution is 2.24. The van der Waals surface area contributed by atoms with Crippen LogP contribution in [-0.2, 0) is 0 Å². The monoisotopic (exact) mass is 296 g/mol. The quantitative estimate of drug-likeness (QED) is 0.860. The standard InChI is InChI=1S/C18H20N2O2/c1-13-8-10-15(11-9-13)17(21)12-16(20(2)18(19)22)14-6-4-3-5-7-14/h3-11,16H,12H2,1-2H3,(H2,19,22)/t16-/m1/s1. The molecule has 0 unspecified atom stereocenters. The van der Waals surface area contributed by atoms with Gasteiger partial charge in [-0.1, -0.05) is 60.2 Å². The minimum Gasteiger partial charge on any atom is -0.351 e. The Morgan fingerprint density at radius 1 is 1.05 bits per heavy atom. The van der Waals surface area contributed by atoms with Gasteiger partial charge in [0.05, 0.1) is 6.04 Å². The van der Waals surface area contributed by atoms with Crippen LogP contribution in [0.5, 0.6) is 0 Å². The van der Waals surface area contributed by atoms with E-state index in [-0.39, 0.29) is 18.2 Å². The molecule has 0 aliphatic heterocycles. The fraction of sp³-hybridized carbons (Fsp3) is 0.222. The highest BCUT2D eigenvalue weighted by Gasteiger charge is 2.23. The molecule has 0 aliphatic carbocycles. The van der Waals surface area contributed by atoms with Gasteiger partial charge in [0, 0.05) is 19.0 Å². The van der Waals surface area contributed by atoms with Crippen LogP contribution in [0.1, 0.15) is 33.9 Å². The zero-order chi connectivity index (χ0) is 16.1. The molecular formula is C18H20N2O2. The summed E-state index contributed by atoms with van der Waals surface area (Å²) in [7, 11) is 1.61. The molecule has 0 saturated carbocycles. The molecule has 0 aliphatic rings. The molecule has 1 atom stereocenters. The van der Waals surface area contributed by atoms with Crippen LogP contribution >= 0.6 is 0 Å². The molecule has 2 rings (SSSR count). The Bertz CT molecular complexity index is 651. The van der Waals surface area contributed by atoms with E-state index in [2.05, 4.69) is 0 Å². The first-order chi connectivity index (χ1) is 10.5. The van der Waals surface area contributed by atoms with Gasteiger partial charge >= 0.3 is 6.03 Å². The summed E-state index contributed by atoms with van der Waals surface area (Å²) in [6.45, 7) is 1.97. The van der Waals surface area contributed by atoms with Crippen LogP contribution in [0, 0.1) is 6.92 Å². The van der Waals surface area contributed by atoms with Crippen LogP contribution in [0.15, 0.2) is 54.6 Å². The zero-order valence-corrected chi connectivity index (χ0v) is 12.8. The van der Waals surface area contributed by atoms with Crippen molar-refractivity contribution in [2.75, 3.05) is 7.05 Å². The number of Topliss-reactive ketones (excluding diaryl/α,β-unsaturated/α-hetero) is 1. The minimum absolute atomic E-state index is 0.0121. The average molecular weight is 296 g/mol. The molecule has 4 heteroatoms. The molecule has 0 fully saturated rings. The largest absolute Gasteiger partial charge is 0.351 e. The van der Waals surface area contributed by atoms with Gasteiger partial charge in [-0.2, -0.15) is 0 Å². The lowest BCUT2D eigenvalue weighted by Gasteiger charge is -2.26. The smallest absolute Gasteiger partial charge is 0.315 e. The van der Waals surface area contributed by atoms with E-state index >= 15 is 0 Å². The zero-order valence-electron chi connectivity index (χ0n) is 12.8. The van der Waals surface area contributed by atoms with Gasteiger partial charge in [0.15, 0.2) is 5.78 Å². The molecule has 4 nitrogen and oxygen atoms in total. The molecule has 0 bridgehead atoms. The molecule has 114 valence electrons. The minimum atomic E-state index is -0.550. The van der Waals surface area contributed by atoms with Gasteiger partial charge in [-0.3, -0.25) is 4.79 Å². The lowest BCUT2D eigenvalue weighted by atomic mass is 9.96. The van der Waals surface area contributed by atoms with Crippen molar-refractivity contribution in [1.82, 2.24) is 4.90 Å². The number of ketones is 1. The first-order valence-corrected chi connectivity index (χ1v) is 7.16. The van der Waals surface area contributed by atoms with E-state index in [1.807, 2.05) is 61.5 Å². The van der Waals surface area contributed by atoms with E-state index in [9.17, 15) is 9.59 Å². The van der Waals surface area contributed by atoms with Gasteiger partial charge in [-0.15, -0.1) is 0 Å². The number of carbonyl (C=O) groups is 2. The molecule has 0 radical (unpaired) electrons. The van der Waals surface area contributed by atoms with Crippen LogP contribution in [0.4, 0.5) is 4.79 Å². The SMILES string of the molecule is Cc1ccc(C(=O)C[C@H](c2ccccc2)N(C)C(N)=O)cc1. The van der Waals surface area contributed by atoms with Crippen molar-refractivity contribution in [1.29, 1.82) is 0 Å². The summed E-state index contributed by atoms with van der Waals surface area (Å²) in [6, 6.07) is 16.0. The summed E-state index contributed by atoms with van der Waals surface area (Å²) in [5.41, 5.74) is 8.02. The average Bonchev–Trinajstić information content (AvgIpc) is 2.53. The Hall–Kier alpha value is -2.62. The number of carbonyl (C=O) groups excluding carboxylic acids is 2. The maximum absolute atomic E-state index is 12.5. The Balaban J connectivity index is 2.25. The number of amides is 2. The number of rotatable bonds is 5.